The molecule has 0 spiro atoms. The van der Waals surface area contributed by atoms with Gasteiger partial charge in [0.25, 0.3) is 5.91 Å². The van der Waals surface area contributed by atoms with Crippen molar-refractivity contribution in [3.05, 3.63) is 54.1 Å². The van der Waals surface area contributed by atoms with Crippen molar-refractivity contribution >= 4 is 22.6 Å². The number of hydrogen-bond acceptors (Lipinski definition) is 4. The lowest BCUT2D eigenvalue weighted by atomic mass is 10.0. The van der Waals surface area contributed by atoms with E-state index in [9.17, 15) is 4.79 Å². The van der Waals surface area contributed by atoms with Crippen molar-refractivity contribution in [3.8, 4) is 0 Å². The van der Waals surface area contributed by atoms with Gasteiger partial charge < -0.3 is 15.2 Å². The molecule has 134 valence electrons. The zero-order valence-corrected chi connectivity index (χ0v) is 14.9. The summed E-state index contributed by atoms with van der Waals surface area (Å²) < 4.78 is 0. The fourth-order valence-electron chi connectivity index (χ4n) is 3.46. The van der Waals surface area contributed by atoms with Crippen LogP contribution in [0.1, 0.15) is 35.8 Å². The van der Waals surface area contributed by atoms with Gasteiger partial charge >= 0.3 is 0 Å². The number of carbonyl (C=O) groups is 1. The second-order valence-corrected chi connectivity index (χ2v) is 6.74. The molecule has 0 saturated carbocycles. The van der Waals surface area contributed by atoms with E-state index in [2.05, 4.69) is 38.2 Å². The van der Waals surface area contributed by atoms with Gasteiger partial charge in [0.15, 0.2) is 0 Å². The topological polar surface area (TPSA) is 73.9 Å². The third kappa shape index (κ3) is 3.40. The van der Waals surface area contributed by atoms with Crippen molar-refractivity contribution in [2.45, 2.75) is 32.2 Å². The molecule has 26 heavy (non-hydrogen) atoms. The van der Waals surface area contributed by atoms with Gasteiger partial charge in [-0.1, -0.05) is 13.0 Å². The zero-order chi connectivity index (χ0) is 17.9. The summed E-state index contributed by atoms with van der Waals surface area (Å²) in [5.74, 6) is 0.981. The molecular weight excluding hydrogens is 326 g/mol. The van der Waals surface area contributed by atoms with Gasteiger partial charge in [0, 0.05) is 48.2 Å². The minimum atomic E-state index is -0.00439. The van der Waals surface area contributed by atoms with Gasteiger partial charge in [0.05, 0.1) is 0 Å². The molecule has 1 aliphatic rings. The van der Waals surface area contributed by atoms with E-state index in [4.69, 9.17) is 0 Å². The second-order valence-electron chi connectivity index (χ2n) is 6.74. The van der Waals surface area contributed by atoms with E-state index in [1.807, 2.05) is 30.5 Å². The molecule has 0 unspecified atom stereocenters. The van der Waals surface area contributed by atoms with E-state index in [0.717, 1.165) is 54.8 Å². The number of nitrogens with zero attached hydrogens (tertiary/aromatic N) is 3. The van der Waals surface area contributed by atoms with Crippen LogP contribution in [-0.4, -0.2) is 40.0 Å². The van der Waals surface area contributed by atoms with Crippen molar-refractivity contribution in [1.29, 1.82) is 0 Å². The lowest BCUT2D eigenvalue weighted by Crippen LogP contribution is -2.45. The Morgan fingerprint density at radius 1 is 1.23 bits per heavy atom. The first kappa shape index (κ1) is 16.6. The van der Waals surface area contributed by atoms with Gasteiger partial charge in [-0.2, -0.15) is 0 Å². The molecule has 2 aromatic heterocycles. The molecule has 3 aromatic rings. The zero-order valence-electron chi connectivity index (χ0n) is 14.9. The Morgan fingerprint density at radius 2 is 2.08 bits per heavy atom. The minimum absolute atomic E-state index is 0.00439. The number of amides is 1. The first-order chi connectivity index (χ1) is 12.7. The quantitative estimate of drug-likeness (QED) is 0.759. The van der Waals surface area contributed by atoms with E-state index in [1.165, 1.54) is 0 Å². The Balaban J connectivity index is 1.36. The summed E-state index contributed by atoms with van der Waals surface area (Å²) >= 11 is 0. The number of rotatable bonds is 4. The standard InChI is InChI=1S/C20H23N5O/c1-2-16-12-19(23-13-22-16)25-9-6-17(7-10-25)24-20(26)15-4-3-14-5-8-21-18(14)11-15/h3-5,8,11-13,17,21H,2,6-7,9-10H2,1H3,(H,24,26). The summed E-state index contributed by atoms with van der Waals surface area (Å²) in [5.41, 5.74) is 2.75. The Morgan fingerprint density at radius 3 is 2.88 bits per heavy atom. The van der Waals surface area contributed by atoms with E-state index >= 15 is 0 Å². The Kier molecular flexibility index (Phi) is 4.56. The third-order valence-electron chi connectivity index (χ3n) is 5.04. The van der Waals surface area contributed by atoms with Crippen LogP contribution in [0.3, 0.4) is 0 Å². The molecule has 1 aromatic carbocycles. The van der Waals surface area contributed by atoms with Gasteiger partial charge in [-0.25, -0.2) is 9.97 Å². The van der Waals surface area contributed by atoms with Crippen LogP contribution in [0.4, 0.5) is 5.82 Å². The Hall–Kier alpha value is -2.89. The number of aryl methyl sites for hydroxylation is 1. The molecule has 0 atom stereocenters. The number of H-pyrrole nitrogens is 1. The summed E-state index contributed by atoms with van der Waals surface area (Å²) in [6.07, 6.45) is 6.27. The Labute approximate surface area is 152 Å². The molecule has 0 bridgehead atoms. The molecule has 1 fully saturated rings. The predicted octanol–water partition coefficient (Wildman–Crippen LogP) is 2.92. The molecule has 3 heterocycles. The number of hydrogen-bond donors (Lipinski definition) is 2. The van der Waals surface area contributed by atoms with Crippen LogP contribution in [0.5, 0.6) is 0 Å². The molecule has 6 heteroatoms. The fraction of sp³-hybridized carbons (Fsp3) is 0.350. The maximum Gasteiger partial charge on any atom is 0.251 e. The summed E-state index contributed by atoms with van der Waals surface area (Å²) in [7, 11) is 0. The molecule has 1 saturated heterocycles. The van der Waals surface area contributed by atoms with Crippen LogP contribution in [-0.2, 0) is 6.42 Å². The van der Waals surface area contributed by atoms with E-state index < -0.39 is 0 Å². The molecule has 0 aliphatic carbocycles. The van der Waals surface area contributed by atoms with Gasteiger partial charge in [0.2, 0.25) is 0 Å². The first-order valence-electron chi connectivity index (χ1n) is 9.17. The van der Waals surface area contributed by atoms with Crippen LogP contribution >= 0.6 is 0 Å². The van der Waals surface area contributed by atoms with Crippen molar-refractivity contribution in [2.24, 2.45) is 0 Å². The van der Waals surface area contributed by atoms with Gasteiger partial charge in [-0.15, -0.1) is 0 Å². The van der Waals surface area contributed by atoms with Crippen molar-refractivity contribution < 1.29 is 4.79 Å². The number of piperidine rings is 1. The van der Waals surface area contributed by atoms with Crippen molar-refractivity contribution in [3.63, 3.8) is 0 Å². The maximum atomic E-state index is 12.6. The number of aromatic nitrogens is 3. The second kappa shape index (κ2) is 7.15. The summed E-state index contributed by atoms with van der Waals surface area (Å²) in [4.78, 5) is 26.6. The average molecular weight is 349 g/mol. The lowest BCUT2D eigenvalue weighted by Gasteiger charge is -2.33. The average Bonchev–Trinajstić information content (AvgIpc) is 3.16. The van der Waals surface area contributed by atoms with E-state index in [-0.39, 0.29) is 11.9 Å². The smallest absolute Gasteiger partial charge is 0.251 e. The fourth-order valence-corrected chi connectivity index (χ4v) is 3.46. The number of aromatic amines is 1. The molecule has 1 aliphatic heterocycles. The number of anilines is 1. The van der Waals surface area contributed by atoms with E-state index in [1.54, 1.807) is 6.33 Å². The van der Waals surface area contributed by atoms with Gasteiger partial charge in [-0.05, 0) is 42.8 Å². The van der Waals surface area contributed by atoms with E-state index in [0.29, 0.717) is 5.56 Å². The summed E-state index contributed by atoms with van der Waals surface area (Å²) in [5, 5.41) is 4.29. The van der Waals surface area contributed by atoms with Crippen LogP contribution in [0.15, 0.2) is 42.9 Å². The van der Waals surface area contributed by atoms with Crippen LogP contribution in [0.2, 0.25) is 0 Å². The molecule has 6 nitrogen and oxygen atoms in total. The van der Waals surface area contributed by atoms with Crippen LogP contribution < -0.4 is 10.2 Å². The van der Waals surface area contributed by atoms with Crippen molar-refractivity contribution in [2.75, 3.05) is 18.0 Å². The third-order valence-corrected chi connectivity index (χ3v) is 5.04. The highest BCUT2D eigenvalue weighted by atomic mass is 16.1. The summed E-state index contributed by atoms with van der Waals surface area (Å²) in [6.45, 7) is 3.87. The normalized spacial score (nSPS) is 15.3. The monoisotopic (exact) mass is 349 g/mol. The molecular formula is C20H23N5O. The molecule has 2 N–H and O–H groups in total. The predicted molar refractivity (Wildman–Crippen MR) is 102 cm³/mol. The highest BCUT2D eigenvalue weighted by Gasteiger charge is 2.22. The molecule has 1 amide bonds. The highest BCUT2D eigenvalue weighted by Crippen LogP contribution is 2.19. The molecule has 4 rings (SSSR count). The number of carbonyl (C=O) groups excluding carboxylic acids is 1. The van der Waals surface area contributed by atoms with Gasteiger partial charge in [-0.3, -0.25) is 4.79 Å². The SMILES string of the molecule is CCc1cc(N2CCC(NC(=O)c3ccc4cc[nH]c4c3)CC2)ncn1. The maximum absolute atomic E-state index is 12.6. The Bertz CT molecular complexity index is 911. The van der Waals surface area contributed by atoms with Crippen LogP contribution in [0, 0.1) is 0 Å². The largest absolute Gasteiger partial charge is 0.361 e. The number of fused-ring (bicyclic) bond motifs is 1. The molecule has 0 radical (unpaired) electrons. The minimum Gasteiger partial charge on any atom is -0.361 e. The lowest BCUT2D eigenvalue weighted by molar-refractivity contribution is 0.0931. The van der Waals surface area contributed by atoms with Crippen molar-refractivity contribution in [1.82, 2.24) is 20.3 Å². The van der Waals surface area contributed by atoms with Gasteiger partial charge in [0.1, 0.15) is 12.1 Å². The highest BCUT2D eigenvalue weighted by molar-refractivity contribution is 5.98. The first-order valence-corrected chi connectivity index (χ1v) is 9.17. The summed E-state index contributed by atoms with van der Waals surface area (Å²) in [6, 6.07) is 10.0. The number of benzene rings is 1. The number of nitrogens with one attached hydrogen (secondary N) is 2. The van der Waals surface area contributed by atoms with Crippen LogP contribution in [0.25, 0.3) is 10.9 Å².